The van der Waals surface area contributed by atoms with Crippen LogP contribution in [0.25, 0.3) is 11.0 Å². The molecule has 1 heterocycles. The molecule has 0 fully saturated rings. The van der Waals surface area contributed by atoms with E-state index in [2.05, 4.69) is 9.97 Å². The molecule has 1 aromatic heterocycles. The van der Waals surface area contributed by atoms with E-state index in [0.717, 1.165) is 34.7 Å². The molecule has 2 aromatic carbocycles. The van der Waals surface area contributed by atoms with Crippen molar-refractivity contribution in [1.82, 2.24) is 14.9 Å². The van der Waals surface area contributed by atoms with Crippen LogP contribution in [0.15, 0.2) is 36.4 Å². The molecule has 3 rings (SSSR count). The second-order valence-electron chi connectivity index (χ2n) is 6.04. The summed E-state index contributed by atoms with van der Waals surface area (Å²) in [5.74, 6) is 0.579. The topological polar surface area (TPSA) is 82.0 Å². The largest absolute Gasteiger partial charge is 0.497 e. The van der Waals surface area contributed by atoms with Gasteiger partial charge in [-0.15, -0.1) is 0 Å². The number of aromatic nitrogens is 2. The van der Waals surface area contributed by atoms with Crippen LogP contribution in [-0.4, -0.2) is 41.0 Å². The molecule has 0 radical (unpaired) electrons. The van der Waals surface area contributed by atoms with Gasteiger partial charge in [0.2, 0.25) is 0 Å². The zero-order chi connectivity index (χ0) is 19.4. The number of fused-ring (bicyclic) bond motifs is 1. The van der Waals surface area contributed by atoms with E-state index in [9.17, 15) is 9.18 Å². The molecule has 0 saturated carbocycles. The third-order valence-corrected chi connectivity index (χ3v) is 4.30. The standard InChI is InChI=1S/C20H19FN4O2/c1-3-25(20(26)14-8-13(12-22)9-15(21)10-14)7-6-19-23-17-5-4-16(27-2)11-18(17)24-19/h4-5,8-11H,3,6-7H2,1-2H3,(H,23,24). The molecule has 1 amide bonds. The average molecular weight is 366 g/mol. The predicted molar refractivity (Wildman–Crippen MR) is 99.0 cm³/mol. The Labute approximate surface area is 156 Å². The van der Waals surface area contributed by atoms with Crippen molar-refractivity contribution in [3.8, 4) is 11.8 Å². The molecular weight excluding hydrogens is 347 g/mol. The van der Waals surface area contributed by atoms with Crippen LogP contribution in [0.5, 0.6) is 5.75 Å². The normalized spacial score (nSPS) is 10.6. The van der Waals surface area contributed by atoms with Crippen molar-refractivity contribution < 1.29 is 13.9 Å². The number of nitriles is 1. The first-order valence-corrected chi connectivity index (χ1v) is 8.56. The van der Waals surface area contributed by atoms with E-state index in [4.69, 9.17) is 10.00 Å². The van der Waals surface area contributed by atoms with Gasteiger partial charge in [-0.25, -0.2) is 9.37 Å². The van der Waals surface area contributed by atoms with Crippen molar-refractivity contribution in [2.75, 3.05) is 20.2 Å². The second-order valence-corrected chi connectivity index (χ2v) is 6.04. The lowest BCUT2D eigenvalue weighted by Gasteiger charge is -2.20. The summed E-state index contributed by atoms with van der Waals surface area (Å²) in [5, 5.41) is 8.96. The number of amides is 1. The Balaban J connectivity index is 1.74. The summed E-state index contributed by atoms with van der Waals surface area (Å²) in [5.41, 5.74) is 1.98. The maximum atomic E-state index is 13.6. The van der Waals surface area contributed by atoms with E-state index in [-0.39, 0.29) is 17.0 Å². The lowest BCUT2D eigenvalue weighted by molar-refractivity contribution is 0.0765. The number of carbonyl (C=O) groups excluding carboxylic acids is 1. The summed E-state index contributed by atoms with van der Waals surface area (Å²) in [6.45, 7) is 2.74. The molecule has 1 N–H and O–H groups in total. The lowest BCUT2D eigenvalue weighted by atomic mass is 10.1. The van der Waals surface area contributed by atoms with Gasteiger partial charge in [0.1, 0.15) is 17.4 Å². The highest BCUT2D eigenvalue weighted by atomic mass is 19.1. The number of halogens is 1. The summed E-state index contributed by atoms with van der Waals surface area (Å²) in [4.78, 5) is 22.0. The van der Waals surface area contributed by atoms with Gasteiger partial charge in [0.25, 0.3) is 5.91 Å². The molecule has 6 nitrogen and oxygen atoms in total. The smallest absolute Gasteiger partial charge is 0.254 e. The Hall–Kier alpha value is -3.40. The number of benzene rings is 2. The number of nitrogens with zero attached hydrogens (tertiary/aromatic N) is 3. The average Bonchev–Trinajstić information content (AvgIpc) is 3.09. The fraction of sp³-hybridized carbons (Fsp3) is 0.250. The van der Waals surface area contributed by atoms with Crippen molar-refractivity contribution in [3.05, 3.63) is 59.2 Å². The lowest BCUT2D eigenvalue weighted by Crippen LogP contribution is -2.33. The Morgan fingerprint density at radius 3 is 2.85 bits per heavy atom. The van der Waals surface area contributed by atoms with Crippen molar-refractivity contribution in [1.29, 1.82) is 5.26 Å². The Morgan fingerprint density at radius 2 is 2.15 bits per heavy atom. The zero-order valence-corrected chi connectivity index (χ0v) is 15.1. The molecule has 0 aliphatic carbocycles. The predicted octanol–water partition coefficient (Wildman–Crippen LogP) is 3.29. The number of carbonyl (C=O) groups is 1. The van der Waals surface area contributed by atoms with Gasteiger partial charge in [-0.05, 0) is 37.3 Å². The molecular formula is C20H19FN4O2. The molecule has 0 bridgehead atoms. The molecule has 0 aliphatic heterocycles. The first kappa shape index (κ1) is 18.4. The molecule has 27 heavy (non-hydrogen) atoms. The monoisotopic (exact) mass is 366 g/mol. The van der Waals surface area contributed by atoms with Gasteiger partial charge in [-0.3, -0.25) is 4.79 Å². The molecule has 0 atom stereocenters. The van der Waals surface area contributed by atoms with E-state index >= 15 is 0 Å². The first-order chi connectivity index (χ1) is 13.0. The molecule has 0 aliphatic rings. The number of imidazole rings is 1. The number of rotatable bonds is 6. The van der Waals surface area contributed by atoms with E-state index in [1.807, 2.05) is 31.2 Å². The van der Waals surface area contributed by atoms with Crippen LogP contribution in [0.2, 0.25) is 0 Å². The van der Waals surface area contributed by atoms with Gasteiger partial charge in [0.15, 0.2) is 0 Å². The van der Waals surface area contributed by atoms with Crippen LogP contribution in [0.3, 0.4) is 0 Å². The maximum Gasteiger partial charge on any atom is 0.254 e. The first-order valence-electron chi connectivity index (χ1n) is 8.56. The van der Waals surface area contributed by atoms with Crippen LogP contribution in [0, 0.1) is 17.1 Å². The van der Waals surface area contributed by atoms with Crippen LogP contribution in [-0.2, 0) is 6.42 Å². The minimum absolute atomic E-state index is 0.126. The Kier molecular flexibility index (Phi) is 5.36. The van der Waals surface area contributed by atoms with Gasteiger partial charge in [-0.1, -0.05) is 0 Å². The molecule has 0 spiro atoms. The summed E-state index contributed by atoms with van der Waals surface area (Å²) in [6.07, 6.45) is 0.525. The number of hydrogen-bond acceptors (Lipinski definition) is 4. The number of likely N-dealkylation sites (N-methyl/N-ethyl adjacent to an activating group) is 1. The molecule has 0 unspecified atom stereocenters. The van der Waals surface area contributed by atoms with E-state index in [1.165, 1.54) is 6.07 Å². The SMILES string of the molecule is CCN(CCc1nc2ccc(OC)cc2[nH]1)C(=O)c1cc(F)cc(C#N)c1. The van der Waals surface area contributed by atoms with Crippen molar-refractivity contribution in [2.24, 2.45) is 0 Å². The Morgan fingerprint density at radius 1 is 1.33 bits per heavy atom. The van der Waals surface area contributed by atoms with Gasteiger partial charge in [0, 0.05) is 31.1 Å². The number of hydrogen-bond donors (Lipinski definition) is 1. The summed E-state index contributed by atoms with van der Waals surface area (Å²) in [7, 11) is 1.60. The fourth-order valence-corrected chi connectivity index (χ4v) is 2.89. The van der Waals surface area contributed by atoms with Crippen molar-refractivity contribution in [3.63, 3.8) is 0 Å². The molecule has 7 heteroatoms. The van der Waals surface area contributed by atoms with Gasteiger partial charge in [-0.2, -0.15) is 5.26 Å². The minimum Gasteiger partial charge on any atom is -0.497 e. The zero-order valence-electron chi connectivity index (χ0n) is 15.1. The molecule has 3 aromatic rings. The van der Waals surface area contributed by atoms with Crippen LogP contribution >= 0.6 is 0 Å². The van der Waals surface area contributed by atoms with E-state index < -0.39 is 5.82 Å². The minimum atomic E-state index is -0.598. The van der Waals surface area contributed by atoms with Gasteiger partial charge >= 0.3 is 0 Å². The highest BCUT2D eigenvalue weighted by molar-refractivity contribution is 5.94. The molecule has 138 valence electrons. The van der Waals surface area contributed by atoms with Crippen molar-refractivity contribution in [2.45, 2.75) is 13.3 Å². The van der Waals surface area contributed by atoms with E-state index in [0.29, 0.717) is 19.5 Å². The van der Waals surface area contributed by atoms with Gasteiger partial charge in [0.05, 0.1) is 29.8 Å². The van der Waals surface area contributed by atoms with Gasteiger partial charge < -0.3 is 14.6 Å². The van der Waals surface area contributed by atoms with E-state index in [1.54, 1.807) is 12.0 Å². The quantitative estimate of drug-likeness (QED) is 0.726. The fourth-order valence-electron chi connectivity index (χ4n) is 2.89. The summed E-state index contributed by atoms with van der Waals surface area (Å²) < 4.78 is 18.8. The van der Waals surface area contributed by atoms with Crippen LogP contribution in [0.4, 0.5) is 4.39 Å². The summed E-state index contributed by atoms with van der Waals surface area (Å²) in [6, 6.07) is 11.1. The number of H-pyrrole nitrogens is 1. The van der Waals surface area contributed by atoms with Crippen LogP contribution in [0.1, 0.15) is 28.7 Å². The number of nitrogens with one attached hydrogen (secondary N) is 1. The molecule has 0 saturated heterocycles. The second kappa shape index (κ2) is 7.87. The highest BCUT2D eigenvalue weighted by Gasteiger charge is 2.17. The number of aromatic amines is 1. The summed E-state index contributed by atoms with van der Waals surface area (Å²) >= 11 is 0. The van der Waals surface area contributed by atoms with Crippen LogP contribution < -0.4 is 4.74 Å². The number of ether oxygens (including phenoxy) is 1. The number of methoxy groups -OCH3 is 1. The third-order valence-electron chi connectivity index (χ3n) is 4.30. The third kappa shape index (κ3) is 4.06. The Bertz CT molecular complexity index is 1020. The van der Waals surface area contributed by atoms with Crippen molar-refractivity contribution >= 4 is 16.9 Å². The maximum absolute atomic E-state index is 13.6. The highest BCUT2D eigenvalue weighted by Crippen LogP contribution is 2.19.